The third-order valence-corrected chi connectivity index (χ3v) is 8.95. The summed E-state index contributed by atoms with van der Waals surface area (Å²) in [6.07, 6.45) is -0.563. The highest BCUT2D eigenvalue weighted by atomic mass is 35.5. The minimum atomic E-state index is -1.10. The van der Waals surface area contributed by atoms with Crippen LogP contribution in [0, 0.1) is 5.82 Å². The second kappa shape index (κ2) is 12.1. The number of para-hydroxylation sites is 1. The van der Waals surface area contributed by atoms with Gasteiger partial charge < -0.3 is 33.5 Å². The van der Waals surface area contributed by atoms with Gasteiger partial charge in [-0.2, -0.15) is 0 Å². The first-order valence-electron chi connectivity index (χ1n) is 14.9. The van der Waals surface area contributed by atoms with Crippen molar-refractivity contribution < 1.29 is 28.4 Å². The topological polar surface area (TPSA) is 94.3 Å². The van der Waals surface area contributed by atoms with Gasteiger partial charge in [-0.15, -0.1) is 0 Å². The van der Waals surface area contributed by atoms with Crippen LogP contribution in [0.1, 0.15) is 42.8 Å². The molecule has 0 spiro atoms. The second-order valence-electron chi connectivity index (χ2n) is 11.5. The second-order valence-corrected chi connectivity index (χ2v) is 12.0. The predicted octanol–water partition coefficient (Wildman–Crippen LogP) is 4.87. The van der Waals surface area contributed by atoms with E-state index in [1.807, 2.05) is 24.3 Å². The Morgan fingerprint density at radius 2 is 2.02 bits per heavy atom. The van der Waals surface area contributed by atoms with E-state index in [0.29, 0.717) is 40.9 Å². The number of ether oxygens (including phenoxy) is 4. The zero-order valence-corrected chi connectivity index (χ0v) is 25.4. The van der Waals surface area contributed by atoms with Gasteiger partial charge in [-0.1, -0.05) is 23.7 Å². The Kier molecular flexibility index (Phi) is 8.06. The monoisotopic (exact) mass is 623 g/mol. The summed E-state index contributed by atoms with van der Waals surface area (Å²) in [6.45, 7) is 6.80. The Balaban J connectivity index is 1.10. The number of pyridine rings is 1. The summed E-state index contributed by atoms with van der Waals surface area (Å²) >= 11 is 5.97. The number of benzene rings is 2. The summed E-state index contributed by atoms with van der Waals surface area (Å²) < 4.78 is 40.1. The molecule has 0 radical (unpaired) electrons. The van der Waals surface area contributed by atoms with Crippen LogP contribution in [-0.4, -0.2) is 76.6 Å². The molecule has 0 saturated carbocycles. The van der Waals surface area contributed by atoms with E-state index in [9.17, 15) is 9.50 Å². The molecule has 10 nitrogen and oxygen atoms in total. The van der Waals surface area contributed by atoms with Gasteiger partial charge in [-0.05, 0) is 49.7 Å². The molecule has 2 aromatic carbocycles. The maximum atomic E-state index is 14.7. The summed E-state index contributed by atoms with van der Waals surface area (Å²) in [7, 11) is 1.45. The van der Waals surface area contributed by atoms with E-state index in [-0.39, 0.29) is 18.8 Å². The van der Waals surface area contributed by atoms with Crippen LogP contribution in [-0.2, 0) is 22.6 Å². The number of aliphatic hydroxyl groups is 1. The van der Waals surface area contributed by atoms with E-state index >= 15 is 0 Å². The van der Waals surface area contributed by atoms with Gasteiger partial charge in [-0.25, -0.2) is 14.4 Å². The van der Waals surface area contributed by atoms with Crippen LogP contribution in [0.25, 0.3) is 11.2 Å². The van der Waals surface area contributed by atoms with E-state index in [2.05, 4.69) is 21.3 Å². The number of halogens is 2. The Labute approximate surface area is 259 Å². The van der Waals surface area contributed by atoms with Gasteiger partial charge in [0.2, 0.25) is 0 Å². The molecule has 0 bridgehead atoms. The summed E-state index contributed by atoms with van der Waals surface area (Å²) in [5.41, 5.74) is 3.28. The van der Waals surface area contributed by atoms with Crippen LogP contribution < -0.4 is 14.4 Å². The molecule has 4 aromatic rings. The molecule has 0 amide bonds. The molecular formula is C32H35ClFN5O5. The lowest BCUT2D eigenvalue weighted by molar-refractivity contribution is -0.0797. The molecule has 2 aromatic heterocycles. The van der Waals surface area contributed by atoms with Crippen molar-refractivity contribution in [1.82, 2.24) is 19.4 Å². The van der Waals surface area contributed by atoms with Crippen molar-refractivity contribution >= 4 is 28.5 Å². The number of aliphatic hydroxyl groups excluding tert-OH is 1. The Bertz CT molecular complexity index is 1670. The number of hydrogen-bond donors (Lipinski definition) is 1. The molecule has 44 heavy (non-hydrogen) atoms. The number of hydrogen-bond acceptors (Lipinski definition) is 9. The van der Waals surface area contributed by atoms with Gasteiger partial charge >= 0.3 is 0 Å². The number of rotatable bonds is 8. The number of methoxy groups -OCH3 is 1. The number of imidazole rings is 1. The van der Waals surface area contributed by atoms with E-state index < -0.39 is 18.2 Å². The van der Waals surface area contributed by atoms with Crippen molar-refractivity contribution in [3.63, 3.8) is 0 Å². The Hall–Kier alpha value is -3.48. The molecule has 3 aliphatic rings. The number of anilines is 1. The molecular weight excluding hydrogens is 589 g/mol. The van der Waals surface area contributed by atoms with Crippen LogP contribution in [0.15, 0.2) is 48.5 Å². The van der Waals surface area contributed by atoms with Gasteiger partial charge in [0.05, 0.1) is 30.6 Å². The quantitative estimate of drug-likeness (QED) is 0.276. The Morgan fingerprint density at radius 1 is 1.16 bits per heavy atom. The van der Waals surface area contributed by atoms with Crippen molar-refractivity contribution in [2.75, 3.05) is 44.9 Å². The molecule has 2 saturated heterocycles. The molecule has 232 valence electrons. The zero-order chi connectivity index (χ0) is 30.4. The van der Waals surface area contributed by atoms with Crippen LogP contribution in [0.4, 0.5) is 10.1 Å². The summed E-state index contributed by atoms with van der Waals surface area (Å²) in [6, 6.07) is 14.3. The minimum Gasteiger partial charge on any atom is -0.485 e. The highest BCUT2D eigenvalue weighted by molar-refractivity contribution is 6.30. The van der Waals surface area contributed by atoms with Crippen molar-refractivity contribution in [2.45, 2.75) is 51.0 Å². The zero-order valence-electron chi connectivity index (χ0n) is 24.7. The maximum Gasteiger partial charge on any atom is 0.198 e. The van der Waals surface area contributed by atoms with Crippen LogP contribution in [0.3, 0.4) is 0 Å². The normalized spacial score (nSPS) is 22.7. The SMILES string of the molecule is COC(O)c1ccc2nc(CN3CCN(c4cccc5c4O[C@@H](c4ccc(Cl)cc4F)CO5)C[C@@H]3C)n(C[C@@H]3CCO3)c2n1. The first kappa shape index (κ1) is 29.2. The fourth-order valence-electron chi connectivity index (χ4n) is 6.14. The van der Waals surface area contributed by atoms with Crippen molar-refractivity contribution in [2.24, 2.45) is 0 Å². The van der Waals surface area contributed by atoms with E-state index in [0.717, 1.165) is 55.3 Å². The third kappa shape index (κ3) is 5.59. The molecule has 1 N–H and O–H groups in total. The summed E-state index contributed by atoms with van der Waals surface area (Å²) in [5, 5.41) is 10.6. The molecule has 2 fully saturated rings. The highest BCUT2D eigenvalue weighted by Crippen LogP contribution is 2.44. The molecule has 5 heterocycles. The fourth-order valence-corrected chi connectivity index (χ4v) is 6.30. The largest absolute Gasteiger partial charge is 0.485 e. The lowest BCUT2D eigenvalue weighted by Crippen LogP contribution is -2.52. The summed E-state index contributed by atoms with van der Waals surface area (Å²) in [4.78, 5) is 14.4. The van der Waals surface area contributed by atoms with Gasteiger partial charge in [-0.3, -0.25) is 4.90 Å². The smallest absolute Gasteiger partial charge is 0.198 e. The molecule has 12 heteroatoms. The standard InChI is InChI=1S/C32H35ClFN5O5/c1-19-15-38(26-4-3-5-27-30(26)44-28(18-43-27)22-7-6-20(33)14-23(22)34)12-11-37(19)17-29-35-24-8-9-25(32(40)41-2)36-31(24)39(29)16-21-10-13-42-21/h3-9,14,19,21,28,32,40H,10-13,15-18H2,1-2H3/t19-,21-,28+,32?/m0/s1. The predicted molar refractivity (Wildman–Crippen MR) is 163 cm³/mol. The molecule has 0 aliphatic carbocycles. The van der Waals surface area contributed by atoms with Gasteiger partial charge in [0.1, 0.15) is 23.8 Å². The van der Waals surface area contributed by atoms with Gasteiger partial charge in [0.15, 0.2) is 29.5 Å². The average Bonchev–Trinajstić information content (AvgIpc) is 3.34. The van der Waals surface area contributed by atoms with Crippen LogP contribution in [0.2, 0.25) is 5.02 Å². The molecule has 7 rings (SSSR count). The van der Waals surface area contributed by atoms with Crippen molar-refractivity contribution in [3.05, 3.63) is 76.5 Å². The number of aromatic nitrogens is 3. The summed E-state index contributed by atoms with van der Waals surface area (Å²) in [5.74, 6) is 1.78. The Morgan fingerprint density at radius 3 is 2.77 bits per heavy atom. The fraction of sp³-hybridized carbons (Fsp3) is 0.438. The lowest BCUT2D eigenvalue weighted by Gasteiger charge is -2.42. The number of fused-ring (bicyclic) bond motifs is 2. The molecule has 1 unspecified atom stereocenters. The van der Waals surface area contributed by atoms with E-state index in [1.165, 1.54) is 13.2 Å². The number of nitrogens with zero attached hydrogens (tertiary/aromatic N) is 5. The first-order valence-corrected chi connectivity index (χ1v) is 15.3. The van der Waals surface area contributed by atoms with Crippen molar-refractivity contribution in [3.8, 4) is 11.5 Å². The highest BCUT2D eigenvalue weighted by Gasteiger charge is 2.32. The third-order valence-electron chi connectivity index (χ3n) is 8.72. The van der Waals surface area contributed by atoms with E-state index in [1.54, 1.807) is 18.2 Å². The molecule has 3 aliphatic heterocycles. The minimum absolute atomic E-state index is 0.120. The van der Waals surface area contributed by atoms with Crippen LogP contribution >= 0.6 is 11.6 Å². The maximum absolute atomic E-state index is 14.7. The first-order chi connectivity index (χ1) is 21.4. The van der Waals surface area contributed by atoms with Crippen molar-refractivity contribution in [1.29, 1.82) is 0 Å². The number of piperazine rings is 1. The van der Waals surface area contributed by atoms with Crippen LogP contribution in [0.5, 0.6) is 11.5 Å². The van der Waals surface area contributed by atoms with Gasteiger partial charge in [0, 0.05) is 50.0 Å². The molecule has 4 atom stereocenters. The van der Waals surface area contributed by atoms with Gasteiger partial charge in [0.25, 0.3) is 0 Å². The average molecular weight is 624 g/mol. The lowest BCUT2D eigenvalue weighted by atomic mass is 10.1. The van der Waals surface area contributed by atoms with E-state index in [4.69, 9.17) is 40.5 Å².